The van der Waals surface area contributed by atoms with Crippen LogP contribution in [0.3, 0.4) is 0 Å². The third kappa shape index (κ3) is 9.03. The number of nitrogens with zero attached hydrogens (tertiary/aromatic N) is 1. The molecule has 1 saturated heterocycles. The number of hydrogen-bond donors (Lipinski definition) is 2. The molecule has 0 radical (unpaired) electrons. The number of hydrogen-bond acceptors (Lipinski definition) is 6. The van der Waals surface area contributed by atoms with Gasteiger partial charge in [0.15, 0.2) is 0 Å². The lowest BCUT2D eigenvalue weighted by atomic mass is 9.96. The molecule has 0 saturated carbocycles. The molecule has 3 rings (SSSR count). The fourth-order valence-corrected chi connectivity index (χ4v) is 4.51. The first-order valence-corrected chi connectivity index (χ1v) is 13.9. The second-order valence-corrected chi connectivity index (χ2v) is 11.5. The number of carbonyl (C=O) groups excluding carboxylic acids is 4. The SMILES string of the molecule is CC[C@](C)(NC(=O)OC(C)(C)C)C(=O)N[C@@H](Cc1ccc(F)cc1)C(=O)N1CCC[C@@H]1C(=O)OCc1ccccc1. The van der Waals surface area contributed by atoms with Gasteiger partial charge in [-0.2, -0.15) is 0 Å². The fraction of sp³-hybridized carbons (Fsp3) is 0.484. The monoisotopic (exact) mass is 569 g/mol. The summed E-state index contributed by atoms with van der Waals surface area (Å²) in [6, 6.07) is 13.0. The molecule has 222 valence electrons. The molecule has 1 aliphatic heterocycles. The Hall–Kier alpha value is -3.95. The number of nitrogens with one attached hydrogen (secondary N) is 2. The lowest BCUT2D eigenvalue weighted by molar-refractivity contribution is -0.155. The highest BCUT2D eigenvalue weighted by atomic mass is 19.1. The minimum Gasteiger partial charge on any atom is -0.459 e. The number of benzene rings is 2. The molecule has 0 bridgehead atoms. The largest absolute Gasteiger partial charge is 0.459 e. The minimum absolute atomic E-state index is 0.0549. The van der Waals surface area contributed by atoms with Gasteiger partial charge in [0.05, 0.1) is 0 Å². The van der Waals surface area contributed by atoms with Crippen molar-refractivity contribution in [3.8, 4) is 0 Å². The van der Waals surface area contributed by atoms with E-state index in [1.807, 2.05) is 30.3 Å². The van der Waals surface area contributed by atoms with E-state index in [0.717, 1.165) is 5.56 Å². The summed E-state index contributed by atoms with van der Waals surface area (Å²) in [7, 11) is 0. The maximum atomic E-state index is 13.9. The second-order valence-electron chi connectivity index (χ2n) is 11.5. The number of alkyl carbamates (subject to hydrolysis) is 1. The number of amides is 3. The van der Waals surface area contributed by atoms with Crippen LogP contribution in [0.5, 0.6) is 0 Å². The molecule has 0 aromatic heterocycles. The number of rotatable bonds is 10. The first kappa shape index (κ1) is 31.6. The summed E-state index contributed by atoms with van der Waals surface area (Å²) in [5.41, 5.74) is -0.709. The summed E-state index contributed by atoms with van der Waals surface area (Å²) in [5.74, 6) is -2.00. The topological polar surface area (TPSA) is 114 Å². The Morgan fingerprint density at radius 3 is 2.27 bits per heavy atom. The summed E-state index contributed by atoms with van der Waals surface area (Å²) in [5, 5.41) is 5.41. The highest BCUT2D eigenvalue weighted by molar-refractivity contribution is 5.95. The summed E-state index contributed by atoms with van der Waals surface area (Å²) in [6.45, 7) is 8.82. The van der Waals surface area contributed by atoms with Crippen LogP contribution in [-0.4, -0.2) is 58.5 Å². The van der Waals surface area contributed by atoms with Crippen molar-refractivity contribution in [1.82, 2.24) is 15.5 Å². The molecule has 10 heteroatoms. The summed E-state index contributed by atoms with van der Waals surface area (Å²) >= 11 is 0. The summed E-state index contributed by atoms with van der Waals surface area (Å²) < 4.78 is 24.4. The fourth-order valence-electron chi connectivity index (χ4n) is 4.51. The first-order chi connectivity index (χ1) is 19.3. The van der Waals surface area contributed by atoms with Gasteiger partial charge in [-0.3, -0.25) is 9.59 Å². The Morgan fingerprint density at radius 1 is 1.00 bits per heavy atom. The molecule has 3 atom stereocenters. The van der Waals surface area contributed by atoms with Gasteiger partial charge in [0.1, 0.15) is 35.6 Å². The van der Waals surface area contributed by atoms with E-state index in [0.29, 0.717) is 24.9 Å². The van der Waals surface area contributed by atoms with Crippen LogP contribution < -0.4 is 10.6 Å². The van der Waals surface area contributed by atoms with Crippen molar-refractivity contribution in [1.29, 1.82) is 0 Å². The van der Waals surface area contributed by atoms with E-state index in [4.69, 9.17) is 9.47 Å². The van der Waals surface area contributed by atoms with Gasteiger partial charge in [-0.05, 0) is 70.2 Å². The van der Waals surface area contributed by atoms with Crippen LogP contribution in [0.25, 0.3) is 0 Å². The van der Waals surface area contributed by atoms with Gasteiger partial charge in [0, 0.05) is 13.0 Å². The number of halogens is 1. The molecule has 0 unspecified atom stereocenters. The lowest BCUT2D eigenvalue weighted by Gasteiger charge is -2.33. The van der Waals surface area contributed by atoms with Crippen molar-refractivity contribution in [3.05, 3.63) is 71.5 Å². The first-order valence-electron chi connectivity index (χ1n) is 13.9. The number of ether oxygens (including phenoxy) is 2. The quantitative estimate of drug-likeness (QED) is 0.413. The zero-order chi connectivity index (χ0) is 30.2. The van der Waals surface area contributed by atoms with E-state index >= 15 is 0 Å². The molecule has 1 heterocycles. The van der Waals surface area contributed by atoms with Crippen molar-refractivity contribution >= 4 is 23.9 Å². The number of likely N-dealkylation sites (tertiary alicyclic amines) is 1. The molecule has 0 aliphatic carbocycles. The third-order valence-corrected chi connectivity index (χ3v) is 6.97. The molecule has 0 spiro atoms. The molecule has 2 N–H and O–H groups in total. The van der Waals surface area contributed by atoms with Crippen molar-refractivity contribution < 1.29 is 33.0 Å². The van der Waals surface area contributed by atoms with Crippen molar-refractivity contribution in [2.45, 2.75) is 90.1 Å². The van der Waals surface area contributed by atoms with Gasteiger partial charge < -0.3 is 25.0 Å². The van der Waals surface area contributed by atoms with Crippen LogP contribution in [0.4, 0.5) is 9.18 Å². The predicted octanol–water partition coefficient (Wildman–Crippen LogP) is 4.28. The minimum atomic E-state index is -1.39. The molecular weight excluding hydrogens is 529 g/mol. The van der Waals surface area contributed by atoms with Gasteiger partial charge >= 0.3 is 12.1 Å². The van der Waals surface area contributed by atoms with E-state index in [1.54, 1.807) is 34.6 Å². The Morgan fingerprint density at radius 2 is 1.66 bits per heavy atom. The van der Waals surface area contributed by atoms with Crippen molar-refractivity contribution in [2.24, 2.45) is 0 Å². The van der Waals surface area contributed by atoms with Gasteiger partial charge in [-0.25, -0.2) is 14.0 Å². The van der Waals surface area contributed by atoms with E-state index in [2.05, 4.69) is 10.6 Å². The van der Waals surface area contributed by atoms with E-state index in [9.17, 15) is 23.6 Å². The molecule has 2 aromatic carbocycles. The van der Waals surface area contributed by atoms with Crippen LogP contribution in [0, 0.1) is 5.82 Å². The molecule has 9 nitrogen and oxygen atoms in total. The van der Waals surface area contributed by atoms with Crippen LogP contribution in [-0.2, 0) is 36.9 Å². The van der Waals surface area contributed by atoms with Crippen molar-refractivity contribution in [2.75, 3.05) is 6.54 Å². The normalized spacial score (nSPS) is 17.2. The maximum absolute atomic E-state index is 13.9. The Kier molecular flexibility index (Phi) is 10.5. The van der Waals surface area contributed by atoms with E-state index < -0.39 is 52.9 Å². The van der Waals surface area contributed by atoms with Crippen LogP contribution >= 0.6 is 0 Å². The smallest absolute Gasteiger partial charge is 0.408 e. The standard InChI is InChI=1S/C31H40FN3O6/c1-6-31(5,34-29(39)41-30(2,3)4)28(38)33-24(19-21-14-16-23(32)17-15-21)26(36)35-18-10-13-25(35)27(37)40-20-22-11-8-7-9-12-22/h7-9,11-12,14-17,24-25H,6,10,13,18-20H2,1-5H3,(H,33,38)(H,34,39)/t24-,25+,31-/m0/s1. The van der Waals surface area contributed by atoms with E-state index in [1.165, 1.54) is 29.2 Å². The van der Waals surface area contributed by atoms with Crippen LogP contribution in [0.1, 0.15) is 65.0 Å². The Labute approximate surface area is 240 Å². The van der Waals surface area contributed by atoms with Gasteiger partial charge in [-0.15, -0.1) is 0 Å². The highest BCUT2D eigenvalue weighted by Gasteiger charge is 2.41. The summed E-state index contributed by atoms with van der Waals surface area (Å²) in [4.78, 5) is 54.4. The Balaban J connectivity index is 1.79. The molecule has 2 aromatic rings. The van der Waals surface area contributed by atoms with Crippen LogP contribution in [0.2, 0.25) is 0 Å². The predicted molar refractivity (Wildman–Crippen MR) is 151 cm³/mol. The van der Waals surface area contributed by atoms with Crippen molar-refractivity contribution in [3.63, 3.8) is 0 Å². The Bertz CT molecular complexity index is 1210. The average molecular weight is 570 g/mol. The molecule has 3 amide bonds. The highest BCUT2D eigenvalue weighted by Crippen LogP contribution is 2.22. The molecule has 41 heavy (non-hydrogen) atoms. The van der Waals surface area contributed by atoms with Gasteiger partial charge in [-0.1, -0.05) is 49.4 Å². The lowest BCUT2D eigenvalue weighted by Crippen LogP contribution is -2.61. The third-order valence-electron chi connectivity index (χ3n) is 6.97. The molecular formula is C31H40FN3O6. The zero-order valence-electron chi connectivity index (χ0n) is 24.4. The van der Waals surface area contributed by atoms with Gasteiger partial charge in [0.25, 0.3) is 0 Å². The van der Waals surface area contributed by atoms with Gasteiger partial charge in [0.2, 0.25) is 11.8 Å². The number of carbonyl (C=O) groups is 4. The molecule has 1 aliphatic rings. The average Bonchev–Trinajstić information content (AvgIpc) is 3.41. The maximum Gasteiger partial charge on any atom is 0.408 e. The van der Waals surface area contributed by atoms with Crippen LogP contribution in [0.15, 0.2) is 54.6 Å². The number of esters is 1. The van der Waals surface area contributed by atoms with E-state index in [-0.39, 0.29) is 19.4 Å². The second kappa shape index (κ2) is 13.6. The zero-order valence-corrected chi connectivity index (χ0v) is 24.4. The molecule has 1 fully saturated rings. The summed E-state index contributed by atoms with van der Waals surface area (Å²) in [6.07, 6.45) is 0.538.